The fourth-order valence-electron chi connectivity index (χ4n) is 3.65. The van der Waals surface area contributed by atoms with Crippen molar-refractivity contribution in [3.63, 3.8) is 0 Å². The van der Waals surface area contributed by atoms with Crippen LogP contribution in [-0.2, 0) is 16.1 Å². The Morgan fingerprint density at radius 2 is 1.93 bits per heavy atom. The number of rotatable bonds is 5. The van der Waals surface area contributed by atoms with Crippen LogP contribution in [0.1, 0.15) is 25.1 Å². The van der Waals surface area contributed by atoms with E-state index < -0.39 is 0 Å². The minimum absolute atomic E-state index is 0.0198. The molecule has 1 atom stereocenters. The summed E-state index contributed by atoms with van der Waals surface area (Å²) in [6.45, 7) is 2.71. The fourth-order valence-corrected chi connectivity index (χ4v) is 3.65. The molecule has 7 heteroatoms. The molecule has 1 aromatic heterocycles. The van der Waals surface area contributed by atoms with Crippen LogP contribution in [0.3, 0.4) is 0 Å². The highest BCUT2D eigenvalue weighted by atomic mass is 16.2. The lowest BCUT2D eigenvalue weighted by molar-refractivity contribution is -0.126. The summed E-state index contributed by atoms with van der Waals surface area (Å²) >= 11 is 0. The second kappa shape index (κ2) is 7.73. The molecular weight excluding hydrogens is 342 g/mol. The van der Waals surface area contributed by atoms with Gasteiger partial charge in [-0.2, -0.15) is 0 Å². The normalized spacial score (nSPS) is 19.6. The van der Waals surface area contributed by atoms with Crippen molar-refractivity contribution >= 4 is 23.3 Å². The third kappa shape index (κ3) is 3.92. The van der Waals surface area contributed by atoms with E-state index in [4.69, 9.17) is 0 Å². The van der Waals surface area contributed by atoms with Gasteiger partial charge in [-0.3, -0.25) is 9.59 Å². The Labute approximate surface area is 158 Å². The number of nitrogens with one attached hydrogen (secondary N) is 1. The van der Waals surface area contributed by atoms with Gasteiger partial charge >= 0.3 is 0 Å². The van der Waals surface area contributed by atoms with Gasteiger partial charge in [0.05, 0.1) is 12.5 Å². The molecule has 0 radical (unpaired) electrons. The number of carbonyl (C=O) groups excluding carboxylic acids is 2. The third-order valence-electron chi connectivity index (χ3n) is 5.11. The summed E-state index contributed by atoms with van der Waals surface area (Å²) in [4.78, 5) is 37.5. The van der Waals surface area contributed by atoms with E-state index in [9.17, 15) is 9.59 Å². The van der Waals surface area contributed by atoms with Gasteiger partial charge in [-0.1, -0.05) is 18.2 Å². The predicted octanol–water partition coefficient (Wildman–Crippen LogP) is 1.75. The lowest BCUT2D eigenvalue weighted by Gasteiger charge is -2.17. The third-order valence-corrected chi connectivity index (χ3v) is 5.11. The first-order chi connectivity index (χ1) is 13.2. The van der Waals surface area contributed by atoms with Crippen LogP contribution in [0.15, 0.2) is 42.6 Å². The maximum Gasteiger partial charge on any atom is 0.227 e. The summed E-state index contributed by atoms with van der Waals surface area (Å²) in [6.07, 6.45) is 4.33. The minimum Gasteiger partial charge on any atom is -0.357 e. The molecule has 4 rings (SSSR count). The highest BCUT2D eigenvalue weighted by Crippen LogP contribution is 2.25. The van der Waals surface area contributed by atoms with Crippen molar-refractivity contribution in [2.24, 2.45) is 5.92 Å². The number of para-hydroxylation sites is 1. The van der Waals surface area contributed by atoms with E-state index in [1.54, 1.807) is 11.1 Å². The molecule has 2 amide bonds. The maximum absolute atomic E-state index is 12.5. The van der Waals surface area contributed by atoms with Crippen LogP contribution in [0.5, 0.6) is 0 Å². The van der Waals surface area contributed by atoms with Gasteiger partial charge in [-0.15, -0.1) is 0 Å². The predicted molar refractivity (Wildman–Crippen MR) is 102 cm³/mol. The van der Waals surface area contributed by atoms with Gasteiger partial charge in [0, 0.05) is 37.9 Å². The van der Waals surface area contributed by atoms with Crippen LogP contribution in [0.25, 0.3) is 0 Å². The molecule has 0 saturated carbocycles. The molecule has 0 aliphatic carbocycles. The molecule has 27 heavy (non-hydrogen) atoms. The summed E-state index contributed by atoms with van der Waals surface area (Å²) < 4.78 is 0. The van der Waals surface area contributed by atoms with Crippen molar-refractivity contribution in [2.45, 2.75) is 25.8 Å². The SMILES string of the molecule is O=C(NCc1nccc(N2CCCC2)n1)C1CC(=O)N(c2ccccc2)C1. The molecule has 2 aliphatic heterocycles. The number of carbonyl (C=O) groups is 2. The Morgan fingerprint density at radius 1 is 1.15 bits per heavy atom. The number of anilines is 2. The van der Waals surface area contributed by atoms with Crippen molar-refractivity contribution < 1.29 is 9.59 Å². The molecule has 0 bridgehead atoms. The number of benzene rings is 1. The zero-order valence-corrected chi connectivity index (χ0v) is 15.2. The van der Waals surface area contributed by atoms with Gasteiger partial charge < -0.3 is 15.1 Å². The first-order valence-corrected chi connectivity index (χ1v) is 9.41. The Hall–Kier alpha value is -2.96. The van der Waals surface area contributed by atoms with E-state index in [0.717, 1.165) is 24.6 Å². The average Bonchev–Trinajstić information content (AvgIpc) is 3.37. The van der Waals surface area contributed by atoms with E-state index in [2.05, 4.69) is 20.2 Å². The van der Waals surface area contributed by atoms with Gasteiger partial charge in [-0.25, -0.2) is 9.97 Å². The first kappa shape index (κ1) is 17.5. The molecule has 2 saturated heterocycles. The topological polar surface area (TPSA) is 78.4 Å². The van der Waals surface area contributed by atoms with Crippen molar-refractivity contribution in [3.05, 3.63) is 48.4 Å². The first-order valence-electron chi connectivity index (χ1n) is 9.41. The standard InChI is InChI=1S/C20H23N5O2/c26-19-12-15(14-25(19)16-6-2-1-3-7-16)20(27)22-13-17-21-9-8-18(23-17)24-10-4-5-11-24/h1-3,6-9,15H,4-5,10-14H2,(H,22,27). The zero-order chi connectivity index (χ0) is 18.6. The summed E-state index contributed by atoms with van der Waals surface area (Å²) in [6, 6.07) is 11.4. The number of hydrogen-bond acceptors (Lipinski definition) is 5. The molecule has 1 aromatic carbocycles. The van der Waals surface area contributed by atoms with Crippen LogP contribution in [-0.4, -0.2) is 41.4 Å². The summed E-state index contributed by atoms with van der Waals surface area (Å²) in [5.74, 6) is 1.01. The number of aromatic nitrogens is 2. The Morgan fingerprint density at radius 3 is 2.70 bits per heavy atom. The van der Waals surface area contributed by atoms with Gasteiger partial charge in [0.1, 0.15) is 11.6 Å². The highest BCUT2D eigenvalue weighted by Gasteiger charge is 2.35. The minimum atomic E-state index is -0.348. The van der Waals surface area contributed by atoms with E-state index in [1.807, 2.05) is 36.4 Å². The second-order valence-electron chi connectivity index (χ2n) is 6.98. The van der Waals surface area contributed by atoms with Crippen LogP contribution in [0.2, 0.25) is 0 Å². The quantitative estimate of drug-likeness (QED) is 0.873. The summed E-state index contributed by atoms with van der Waals surface area (Å²) in [5, 5.41) is 2.89. The van der Waals surface area contributed by atoms with E-state index in [0.29, 0.717) is 12.4 Å². The van der Waals surface area contributed by atoms with Crippen molar-refractivity contribution in [3.8, 4) is 0 Å². The molecule has 0 spiro atoms. The van der Waals surface area contributed by atoms with Crippen LogP contribution >= 0.6 is 0 Å². The van der Waals surface area contributed by atoms with Gasteiger partial charge in [0.15, 0.2) is 0 Å². The van der Waals surface area contributed by atoms with Crippen LogP contribution < -0.4 is 15.1 Å². The van der Waals surface area contributed by atoms with E-state index in [-0.39, 0.29) is 30.7 Å². The molecule has 3 heterocycles. The molecule has 1 unspecified atom stereocenters. The molecule has 2 fully saturated rings. The van der Waals surface area contributed by atoms with Gasteiger partial charge in [-0.05, 0) is 31.0 Å². The second-order valence-corrected chi connectivity index (χ2v) is 6.98. The Bertz CT molecular complexity index is 820. The van der Waals surface area contributed by atoms with Gasteiger partial charge in [0.2, 0.25) is 11.8 Å². The highest BCUT2D eigenvalue weighted by molar-refractivity contribution is 6.00. The van der Waals surface area contributed by atoms with Gasteiger partial charge in [0.25, 0.3) is 0 Å². The fraction of sp³-hybridized carbons (Fsp3) is 0.400. The van der Waals surface area contributed by atoms with Crippen molar-refractivity contribution in [2.75, 3.05) is 29.4 Å². The largest absolute Gasteiger partial charge is 0.357 e. The molecule has 2 aliphatic rings. The van der Waals surface area contributed by atoms with Crippen molar-refractivity contribution in [1.82, 2.24) is 15.3 Å². The van der Waals surface area contributed by atoms with E-state index in [1.165, 1.54) is 12.8 Å². The molecule has 140 valence electrons. The number of hydrogen-bond donors (Lipinski definition) is 1. The molecule has 1 N–H and O–H groups in total. The molecule has 7 nitrogen and oxygen atoms in total. The zero-order valence-electron chi connectivity index (χ0n) is 15.2. The number of amides is 2. The summed E-state index contributed by atoms with van der Waals surface area (Å²) in [7, 11) is 0. The lowest BCUT2D eigenvalue weighted by Crippen LogP contribution is -2.33. The van der Waals surface area contributed by atoms with E-state index >= 15 is 0 Å². The number of nitrogens with zero attached hydrogens (tertiary/aromatic N) is 4. The lowest BCUT2D eigenvalue weighted by atomic mass is 10.1. The molecule has 2 aromatic rings. The Kier molecular flexibility index (Phi) is 5.00. The Balaban J connectivity index is 1.35. The average molecular weight is 365 g/mol. The summed E-state index contributed by atoms with van der Waals surface area (Å²) in [5.41, 5.74) is 0.833. The van der Waals surface area contributed by atoms with Crippen LogP contribution in [0, 0.1) is 5.92 Å². The van der Waals surface area contributed by atoms with Crippen LogP contribution in [0.4, 0.5) is 11.5 Å². The molecular formula is C20H23N5O2. The maximum atomic E-state index is 12.5. The monoisotopic (exact) mass is 365 g/mol. The smallest absolute Gasteiger partial charge is 0.227 e. The van der Waals surface area contributed by atoms with Crippen molar-refractivity contribution in [1.29, 1.82) is 0 Å².